The Hall–Kier alpha value is -3.61. The summed E-state index contributed by atoms with van der Waals surface area (Å²) >= 11 is 0. The van der Waals surface area contributed by atoms with Crippen LogP contribution in [-0.4, -0.2) is 18.5 Å². The van der Waals surface area contributed by atoms with Gasteiger partial charge in [-0.05, 0) is 49.2 Å². The minimum absolute atomic E-state index is 0.175. The molecular formula is C21H19NO6. The molecule has 7 heteroatoms. The highest BCUT2D eigenvalue weighted by Crippen LogP contribution is 2.21. The molecule has 0 atom stereocenters. The summed E-state index contributed by atoms with van der Waals surface area (Å²) in [5, 5.41) is 0.500. The highest BCUT2D eigenvalue weighted by Gasteiger charge is 2.12. The molecule has 0 aliphatic heterocycles. The molecule has 3 rings (SSSR count). The highest BCUT2D eigenvalue weighted by molar-refractivity contribution is 5.95. The van der Waals surface area contributed by atoms with Gasteiger partial charge in [0.25, 0.3) is 5.91 Å². The summed E-state index contributed by atoms with van der Waals surface area (Å²) < 4.78 is 15.9. The van der Waals surface area contributed by atoms with Gasteiger partial charge in [-0.25, -0.2) is 4.79 Å². The van der Waals surface area contributed by atoms with Gasteiger partial charge in [0.2, 0.25) is 0 Å². The third-order valence-electron chi connectivity index (χ3n) is 3.99. The lowest BCUT2D eigenvalue weighted by Crippen LogP contribution is -2.20. The quantitative estimate of drug-likeness (QED) is 0.292. The fraction of sp³-hybridized carbons (Fsp3) is 0.190. The molecule has 0 unspecified atom stereocenters. The molecule has 2 N–H and O–H groups in total. The van der Waals surface area contributed by atoms with Gasteiger partial charge in [-0.15, -0.1) is 0 Å². The third kappa shape index (κ3) is 4.76. The van der Waals surface area contributed by atoms with Crippen molar-refractivity contribution in [2.45, 2.75) is 19.8 Å². The topological polar surface area (TPSA) is 109 Å². The van der Waals surface area contributed by atoms with Gasteiger partial charge in [0.1, 0.15) is 22.6 Å². The lowest BCUT2D eigenvalue weighted by molar-refractivity contribution is -0.134. The molecular weight excluding hydrogens is 362 g/mol. The van der Waals surface area contributed by atoms with E-state index in [4.69, 9.17) is 19.6 Å². The average molecular weight is 381 g/mol. The van der Waals surface area contributed by atoms with Crippen LogP contribution in [0.3, 0.4) is 0 Å². The van der Waals surface area contributed by atoms with Gasteiger partial charge in [-0.2, -0.15) is 0 Å². The summed E-state index contributed by atoms with van der Waals surface area (Å²) in [5.41, 5.74) is 5.36. The van der Waals surface area contributed by atoms with Gasteiger partial charge in [-0.1, -0.05) is 12.1 Å². The van der Waals surface area contributed by atoms with E-state index >= 15 is 0 Å². The third-order valence-corrected chi connectivity index (χ3v) is 3.99. The van der Waals surface area contributed by atoms with Crippen molar-refractivity contribution < 1.29 is 23.5 Å². The van der Waals surface area contributed by atoms with Gasteiger partial charge >= 0.3 is 11.6 Å². The molecule has 1 amide bonds. The maximum absolute atomic E-state index is 12.0. The number of hydrogen-bond donors (Lipinski definition) is 1. The van der Waals surface area contributed by atoms with Gasteiger partial charge in [-0.3, -0.25) is 9.59 Å². The smallest absolute Gasteiger partial charge is 0.349 e. The van der Waals surface area contributed by atoms with E-state index in [0.29, 0.717) is 18.4 Å². The zero-order valence-corrected chi connectivity index (χ0v) is 15.3. The first kappa shape index (κ1) is 19.2. The Morgan fingerprint density at radius 3 is 2.64 bits per heavy atom. The number of aryl methyl sites for hydroxylation is 1. The normalized spacial score (nSPS) is 10.6. The minimum atomic E-state index is -0.862. The van der Waals surface area contributed by atoms with Crippen LogP contribution < -0.4 is 20.8 Å². The van der Waals surface area contributed by atoms with Crippen LogP contribution in [0.2, 0.25) is 0 Å². The summed E-state index contributed by atoms with van der Waals surface area (Å²) in [6.07, 6.45) is 0.672. The number of fused-ring (bicyclic) bond motifs is 1. The van der Waals surface area contributed by atoms with E-state index in [0.717, 1.165) is 11.3 Å². The van der Waals surface area contributed by atoms with Gasteiger partial charge in [0.15, 0.2) is 0 Å². The molecule has 1 heterocycles. The van der Waals surface area contributed by atoms with Gasteiger partial charge in [0.05, 0.1) is 6.61 Å². The van der Waals surface area contributed by atoms with Crippen LogP contribution in [-0.2, 0) is 4.79 Å². The molecule has 0 spiro atoms. The summed E-state index contributed by atoms with van der Waals surface area (Å²) in [7, 11) is 0. The molecule has 0 radical (unpaired) electrons. The monoisotopic (exact) mass is 381 g/mol. The van der Waals surface area contributed by atoms with Crippen molar-refractivity contribution in [2.24, 2.45) is 5.73 Å². The fourth-order valence-corrected chi connectivity index (χ4v) is 2.62. The Labute approximate surface area is 160 Å². The number of ether oxygens (including phenoxy) is 2. The second-order valence-electron chi connectivity index (χ2n) is 6.25. The van der Waals surface area contributed by atoms with E-state index in [1.807, 2.05) is 31.2 Å². The number of primary amides is 1. The summed E-state index contributed by atoms with van der Waals surface area (Å²) in [6, 6.07) is 13.6. The Morgan fingerprint density at radius 2 is 1.89 bits per heavy atom. The van der Waals surface area contributed by atoms with Crippen LogP contribution in [0.5, 0.6) is 11.5 Å². The molecule has 0 aliphatic rings. The van der Waals surface area contributed by atoms with Crippen molar-refractivity contribution in [2.75, 3.05) is 6.61 Å². The molecule has 0 bridgehead atoms. The van der Waals surface area contributed by atoms with Crippen LogP contribution in [0.15, 0.2) is 57.7 Å². The Kier molecular flexibility index (Phi) is 5.74. The predicted molar refractivity (Wildman–Crippen MR) is 103 cm³/mol. The number of carbonyl (C=O) groups is 2. The van der Waals surface area contributed by atoms with E-state index < -0.39 is 17.5 Å². The van der Waals surface area contributed by atoms with Crippen LogP contribution in [0.4, 0.5) is 0 Å². The first-order valence-electron chi connectivity index (χ1n) is 8.70. The van der Waals surface area contributed by atoms with Gasteiger partial charge in [0, 0.05) is 17.9 Å². The molecule has 28 heavy (non-hydrogen) atoms. The first-order valence-corrected chi connectivity index (χ1v) is 8.70. The fourth-order valence-electron chi connectivity index (χ4n) is 2.62. The Balaban J connectivity index is 1.56. The number of benzene rings is 2. The van der Waals surface area contributed by atoms with E-state index in [1.54, 1.807) is 12.1 Å². The average Bonchev–Trinajstić information content (AvgIpc) is 2.64. The summed E-state index contributed by atoms with van der Waals surface area (Å²) in [6.45, 7) is 2.37. The largest absolute Gasteiger partial charge is 0.494 e. The number of nitrogens with two attached hydrogens (primary N) is 1. The second kappa shape index (κ2) is 8.39. The zero-order valence-electron chi connectivity index (χ0n) is 15.3. The number of hydrogen-bond acceptors (Lipinski definition) is 6. The van der Waals surface area contributed by atoms with E-state index in [-0.39, 0.29) is 23.3 Å². The predicted octanol–water partition coefficient (Wildman–Crippen LogP) is 2.96. The molecule has 3 aromatic rings. The second-order valence-corrected chi connectivity index (χ2v) is 6.25. The first-order chi connectivity index (χ1) is 13.4. The van der Waals surface area contributed by atoms with E-state index in [9.17, 15) is 14.4 Å². The number of amides is 1. The van der Waals surface area contributed by atoms with E-state index in [2.05, 4.69) is 0 Å². The number of rotatable bonds is 7. The summed E-state index contributed by atoms with van der Waals surface area (Å²) in [5.74, 6) is -0.289. The molecule has 0 saturated carbocycles. The lowest BCUT2D eigenvalue weighted by Gasteiger charge is -2.07. The lowest BCUT2D eigenvalue weighted by atomic mass is 10.2. The molecule has 0 aliphatic carbocycles. The molecule has 0 saturated heterocycles. The van der Waals surface area contributed by atoms with Crippen LogP contribution in [0.25, 0.3) is 11.0 Å². The molecule has 0 fully saturated rings. The van der Waals surface area contributed by atoms with Crippen molar-refractivity contribution >= 4 is 22.8 Å². The molecule has 144 valence electrons. The maximum atomic E-state index is 12.0. The van der Waals surface area contributed by atoms with Crippen LogP contribution in [0, 0.1) is 6.92 Å². The number of carbonyl (C=O) groups excluding carboxylic acids is 2. The van der Waals surface area contributed by atoms with Crippen molar-refractivity contribution in [1.82, 2.24) is 0 Å². The molecule has 7 nitrogen and oxygen atoms in total. The SMILES string of the molecule is Cc1cccc(OCCCC(=O)Oc2ccc3cc(C(N)=O)c(=O)oc3c2)c1. The maximum Gasteiger partial charge on any atom is 0.349 e. The van der Waals surface area contributed by atoms with Crippen molar-refractivity contribution in [3.05, 3.63) is 70.1 Å². The van der Waals surface area contributed by atoms with Crippen molar-refractivity contribution in [1.29, 1.82) is 0 Å². The van der Waals surface area contributed by atoms with Crippen molar-refractivity contribution in [3.63, 3.8) is 0 Å². The number of esters is 1. The standard InChI is InChI=1S/C21H19NO6/c1-13-4-2-5-15(10-13)26-9-3-6-19(23)27-16-8-7-14-11-17(20(22)24)21(25)28-18(14)12-16/h2,4-5,7-8,10-12H,3,6,9H2,1H3,(H2,22,24). The Bertz CT molecular complexity index is 1090. The minimum Gasteiger partial charge on any atom is -0.494 e. The molecule has 2 aromatic carbocycles. The summed E-state index contributed by atoms with van der Waals surface area (Å²) in [4.78, 5) is 34.9. The van der Waals surface area contributed by atoms with Crippen molar-refractivity contribution in [3.8, 4) is 11.5 Å². The zero-order chi connectivity index (χ0) is 20.1. The van der Waals surface area contributed by atoms with Crippen LogP contribution >= 0.6 is 0 Å². The van der Waals surface area contributed by atoms with Gasteiger partial charge < -0.3 is 19.6 Å². The van der Waals surface area contributed by atoms with E-state index in [1.165, 1.54) is 12.1 Å². The molecule has 1 aromatic heterocycles. The highest BCUT2D eigenvalue weighted by atomic mass is 16.5. The van der Waals surface area contributed by atoms with Crippen LogP contribution in [0.1, 0.15) is 28.8 Å². The Morgan fingerprint density at radius 1 is 1.07 bits per heavy atom.